The lowest BCUT2D eigenvalue weighted by atomic mass is 9.78. The molecule has 0 saturated heterocycles. The zero-order valence-corrected chi connectivity index (χ0v) is 81.7. The minimum absolute atomic E-state index is 1.04. The van der Waals surface area contributed by atoms with Gasteiger partial charge in [0.1, 0.15) is 0 Å². The summed E-state index contributed by atoms with van der Waals surface area (Å²) >= 11 is 0. The van der Waals surface area contributed by atoms with Crippen LogP contribution in [0.15, 0.2) is 0 Å². The molecule has 0 aliphatic carbocycles. The van der Waals surface area contributed by atoms with Crippen molar-refractivity contribution in [2.45, 2.75) is 406 Å². The zero-order chi connectivity index (χ0) is 85.9. The average Bonchev–Trinajstić information content (AvgIpc) is 0.760. The first-order valence-corrected chi connectivity index (χ1v) is 45.5. The first-order chi connectivity index (χ1) is 53.6. The van der Waals surface area contributed by atoms with Crippen LogP contribution < -0.4 is 0 Å². The van der Waals surface area contributed by atoms with Crippen molar-refractivity contribution >= 4 is 0 Å². The molecule has 618 valence electrons. The molecule has 0 atom stereocenters. The quantitative estimate of drug-likeness (QED) is 0.0566. The molecule has 0 unspecified atom stereocenters. The summed E-state index contributed by atoms with van der Waals surface area (Å²) in [6, 6.07) is 0. The van der Waals surface area contributed by atoms with Gasteiger partial charge >= 0.3 is 0 Å². The molecule has 0 amide bonds. The molecule has 0 saturated carbocycles. The summed E-state index contributed by atoms with van der Waals surface area (Å²) in [4.78, 5) is 0. The molecule has 0 fully saturated rings. The van der Waals surface area contributed by atoms with Gasteiger partial charge < -0.3 is 0 Å². The number of benzene rings is 9. The van der Waals surface area contributed by atoms with Crippen LogP contribution in [0.4, 0.5) is 0 Å². The van der Waals surface area contributed by atoms with Gasteiger partial charge in [-0.05, 0) is 624 Å². The monoisotopic (exact) mass is 1530 g/mol. The smallest absolute Gasteiger partial charge is 0.00148 e. The van der Waals surface area contributed by atoms with E-state index in [1.54, 1.807) is 134 Å². The summed E-state index contributed by atoms with van der Waals surface area (Å²) < 4.78 is 0. The molecular formula is C114H162. The second-order valence-corrected chi connectivity index (χ2v) is 35.5. The number of rotatable bonds is 24. The van der Waals surface area contributed by atoms with Crippen molar-refractivity contribution in [2.24, 2.45) is 0 Å². The molecule has 9 rings (SSSR count). The van der Waals surface area contributed by atoms with Gasteiger partial charge in [-0.15, -0.1) is 0 Å². The Bertz CT molecular complexity index is 4710. The van der Waals surface area contributed by atoms with E-state index in [1.807, 2.05) is 0 Å². The van der Waals surface area contributed by atoms with E-state index in [0.29, 0.717) is 0 Å². The molecule has 114 heavy (non-hydrogen) atoms. The van der Waals surface area contributed by atoms with E-state index in [0.717, 1.165) is 116 Å². The van der Waals surface area contributed by atoms with E-state index in [-0.39, 0.29) is 0 Å². The van der Waals surface area contributed by atoms with E-state index >= 15 is 0 Å². The van der Waals surface area contributed by atoms with Crippen LogP contribution in [0, 0.1) is 208 Å². The van der Waals surface area contributed by atoms with Gasteiger partial charge in [-0.3, -0.25) is 0 Å². The fourth-order valence-electron chi connectivity index (χ4n) is 22.7. The lowest BCUT2D eigenvalue weighted by molar-refractivity contribution is 0.926. The lowest BCUT2D eigenvalue weighted by Crippen LogP contribution is -2.14. The topological polar surface area (TPSA) is 0 Å². The van der Waals surface area contributed by atoms with E-state index in [1.165, 1.54) is 167 Å². The van der Waals surface area contributed by atoms with Gasteiger partial charge in [0.2, 0.25) is 0 Å². The van der Waals surface area contributed by atoms with E-state index in [9.17, 15) is 0 Å². The highest BCUT2D eigenvalue weighted by Gasteiger charge is 2.28. The Morgan fingerprint density at radius 2 is 0.149 bits per heavy atom. The van der Waals surface area contributed by atoms with E-state index in [2.05, 4.69) is 291 Å². The normalized spacial score (nSPS) is 11.5. The minimum Gasteiger partial charge on any atom is -0.0613 e. The van der Waals surface area contributed by atoms with Crippen molar-refractivity contribution in [1.29, 1.82) is 0 Å². The Hall–Kier alpha value is -7.02. The Kier molecular flexibility index (Phi) is 32.2. The van der Waals surface area contributed by atoms with Gasteiger partial charge in [-0.2, -0.15) is 0 Å². The maximum atomic E-state index is 2.41. The second kappa shape index (κ2) is 39.0. The zero-order valence-electron chi connectivity index (χ0n) is 81.7. The molecule has 0 aliphatic heterocycles. The standard InChI is InChI=1S/3C38H54/c1-15-31-21(5)27(11)37(33(17-3)29(31)13)19-35-23(7)25(9)36(26(10)24(35)8)20-38-28(12)22(6)32(16-2)30(14)34(38)18-4;1-15-31-21(5)25(9)35(26(10)22(31)6)19-37-29(13)34(18-4)38(30(14)33(37)17-3)20-36-27(11)23(7)32(16-2)24(8)28(36)12;1-15-31-21(5)23(7)37(29(13)33(31)17-3)19-35-25(9)27(11)36(28(12)26(35)10)20-38-24(8)22(6)32(16-2)34(18-4)30(38)14/h3*15-20H2,1-14H3. The van der Waals surface area contributed by atoms with E-state index in [4.69, 9.17) is 0 Å². The molecule has 0 aromatic heterocycles. The van der Waals surface area contributed by atoms with Crippen molar-refractivity contribution < 1.29 is 0 Å². The molecule has 0 radical (unpaired) electrons. The lowest BCUT2D eigenvalue weighted by Gasteiger charge is -2.27. The minimum atomic E-state index is 1.04. The van der Waals surface area contributed by atoms with Crippen LogP contribution >= 0.6 is 0 Å². The fourth-order valence-corrected chi connectivity index (χ4v) is 22.7. The summed E-state index contributed by atoms with van der Waals surface area (Å²) in [6.45, 7) is 98.7. The van der Waals surface area contributed by atoms with Crippen molar-refractivity contribution in [3.63, 3.8) is 0 Å². The molecular weight excluding hydrogens is 1370 g/mol. The maximum absolute atomic E-state index is 2.41. The Labute approximate surface area is 702 Å². The number of hydrogen-bond donors (Lipinski definition) is 0. The molecule has 9 aromatic rings. The summed E-state index contributed by atoms with van der Waals surface area (Å²) in [7, 11) is 0. The third kappa shape index (κ3) is 17.2. The first-order valence-electron chi connectivity index (χ1n) is 45.5. The van der Waals surface area contributed by atoms with Crippen molar-refractivity contribution in [2.75, 3.05) is 0 Å². The summed E-state index contributed by atoms with van der Waals surface area (Å²) in [6.07, 6.45) is 19.6. The fraction of sp³-hybridized carbons (Fsp3) is 0.526. The predicted octanol–water partition coefficient (Wildman–Crippen LogP) is 30.6. The highest BCUT2D eigenvalue weighted by molar-refractivity contribution is 5.64. The van der Waals surface area contributed by atoms with Crippen LogP contribution in [0.3, 0.4) is 0 Å². The van der Waals surface area contributed by atoms with Crippen LogP contribution in [-0.4, -0.2) is 0 Å². The molecule has 0 bridgehead atoms. The van der Waals surface area contributed by atoms with Gasteiger partial charge in [0, 0.05) is 0 Å². The highest BCUT2D eigenvalue weighted by Crippen LogP contribution is 2.43. The van der Waals surface area contributed by atoms with Gasteiger partial charge in [-0.1, -0.05) is 83.1 Å². The van der Waals surface area contributed by atoms with Crippen LogP contribution in [-0.2, 0) is 116 Å². The third-order valence-corrected chi connectivity index (χ3v) is 31.6. The Balaban J connectivity index is 0.000000237. The molecule has 0 spiro atoms. The van der Waals surface area contributed by atoms with Crippen LogP contribution in [0.1, 0.15) is 384 Å². The van der Waals surface area contributed by atoms with Crippen LogP contribution in [0.2, 0.25) is 0 Å². The summed E-state index contributed by atoms with van der Waals surface area (Å²) in [5.41, 5.74) is 82.7. The molecule has 0 aliphatic rings. The van der Waals surface area contributed by atoms with Crippen LogP contribution in [0.25, 0.3) is 0 Å². The van der Waals surface area contributed by atoms with Gasteiger partial charge in [-0.25, -0.2) is 0 Å². The largest absolute Gasteiger partial charge is 0.0613 e. The molecule has 0 heterocycles. The summed E-state index contributed by atoms with van der Waals surface area (Å²) in [5.74, 6) is 0. The number of hydrogen-bond acceptors (Lipinski definition) is 0. The third-order valence-electron chi connectivity index (χ3n) is 31.6. The van der Waals surface area contributed by atoms with E-state index < -0.39 is 0 Å². The predicted molar refractivity (Wildman–Crippen MR) is 509 cm³/mol. The summed E-state index contributed by atoms with van der Waals surface area (Å²) in [5, 5.41) is 0. The second-order valence-electron chi connectivity index (χ2n) is 35.5. The first kappa shape index (κ1) is 94.1. The highest BCUT2D eigenvalue weighted by atomic mass is 14.3. The maximum Gasteiger partial charge on any atom is -0.00148 e. The van der Waals surface area contributed by atoms with Crippen molar-refractivity contribution in [1.82, 2.24) is 0 Å². The van der Waals surface area contributed by atoms with Gasteiger partial charge in [0.25, 0.3) is 0 Å². The average molecular weight is 1530 g/mol. The molecule has 0 N–H and O–H groups in total. The Morgan fingerprint density at radius 1 is 0.0789 bits per heavy atom. The molecule has 0 heteroatoms. The van der Waals surface area contributed by atoms with Gasteiger partial charge in [0.15, 0.2) is 0 Å². The molecule has 9 aromatic carbocycles. The van der Waals surface area contributed by atoms with Crippen molar-refractivity contribution in [3.05, 3.63) is 300 Å². The van der Waals surface area contributed by atoms with Crippen LogP contribution in [0.5, 0.6) is 0 Å². The molecule has 0 nitrogen and oxygen atoms in total. The van der Waals surface area contributed by atoms with Gasteiger partial charge in [0.05, 0.1) is 0 Å². The van der Waals surface area contributed by atoms with Crippen molar-refractivity contribution in [3.8, 4) is 0 Å². The SMILES string of the molecule is CCc1c(C)c(C)c(Cc2c(C)c(C)c(Cc3c(C)c(C)c(CC)c(C)c3CC)c(C)c2C)c(CC)c1C.CCc1c(C)c(C)c(Cc2c(C)c(C)c(Cc3c(C)c(C)c(CC)c(CC)c3C)c(C)c2C)c(C)c1CC.CCc1c(C)c(C)c(Cc2c(C)c(CC)c(Cc3c(C)c(C)c(CC)c(C)c3C)c(C)c2CC)c(C)c1C. The Morgan fingerprint density at radius 3 is 0.307 bits per heavy atom.